The number of likely N-dealkylation sites (tertiary alicyclic amines) is 1. The van der Waals surface area contributed by atoms with Gasteiger partial charge in [-0.3, -0.25) is 9.59 Å². The maximum atomic E-state index is 12.9. The summed E-state index contributed by atoms with van der Waals surface area (Å²) in [5.74, 6) is 0.848. The molecule has 1 saturated heterocycles. The van der Waals surface area contributed by atoms with Crippen LogP contribution in [0.5, 0.6) is 5.75 Å². The van der Waals surface area contributed by atoms with Gasteiger partial charge in [-0.25, -0.2) is 4.98 Å². The highest BCUT2D eigenvalue weighted by molar-refractivity contribution is 7.14. The Balaban J connectivity index is 1.19. The number of nitrogens with one attached hydrogen (secondary N) is 1. The van der Waals surface area contributed by atoms with E-state index in [1.165, 1.54) is 11.3 Å². The fraction of sp³-hybridized carbons (Fsp3) is 0.240. The van der Waals surface area contributed by atoms with Gasteiger partial charge < -0.3 is 19.4 Å². The van der Waals surface area contributed by atoms with Gasteiger partial charge in [-0.1, -0.05) is 6.07 Å². The molecule has 0 aliphatic carbocycles. The molecule has 1 aliphatic rings. The van der Waals surface area contributed by atoms with E-state index in [-0.39, 0.29) is 17.7 Å². The Morgan fingerprint density at radius 1 is 1.18 bits per heavy atom. The van der Waals surface area contributed by atoms with Gasteiger partial charge in [0, 0.05) is 54.6 Å². The van der Waals surface area contributed by atoms with Gasteiger partial charge in [-0.15, -0.1) is 11.3 Å². The largest absolute Gasteiger partial charge is 0.497 e. The minimum absolute atomic E-state index is 0.0142. The van der Waals surface area contributed by atoms with E-state index >= 15 is 0 Å². The van der Waals surface area contributed by atoms with Crippen LogP contribution in [-0.4, -0.2) is 46.3 Å². The van der Waals surface area contributed by atoms with Crippen molar-refractivity contribution in [2.45, 2.75) is 18.9 Å². The minimum atomic E-state index is -0.0863. The topological polar surface area (TPSA) is 75.9 Å². The number of hydrogen-bond acceptors (Lipinski definition) is 5. The Morgan fingerprint density at radius 3 is 2.97 bits per heavy atom. The SMILES string of the molecule is COc1cccc(C(=O)N2CCC(c3ccc(C(=O)NCc4ccn5ccnc5c4)s3)C2)c1. The van der Waals surface area contributed by atoms with Gasteiger partial charge in [0.25, 0.3) is 11.8 Å². The van der Waals surface area contributed by atoms with Crippen LogP contribution in [-0.2, 0) is 6.54 Å². The molecule has 3 aromatic heterocycles. The van der Waals surface area contributed by atoms with Gasteiger partial charge in [-0.2, -0.15) is 0 Å². The number of pyridine rings is 1. The molecule has 0 radical (unpaired) electrons. The van der Waals surface area contributed by atoms with Crippen molar-refractivity contribution in [3.8, 4) is 5.75 Å². The van der Waals surface area contributed by atoms with E-state index in [9.17, 15) is 9.59 Å². The van der Waals surface area contributed by atoms with E-state index in [1.54, 1.807) is 19.4 Å². The molecule has 8 heteroatoms. The number of nitrogens with zero attached hydrogens (tertiary/aromatic N) is 3. The molecule has 5 rings (SSSR count). The van der Waals surface area contributed by atoms with Crippen molar-refractivity contribution in [3.05, 3.63) is 88.0 Å². The van der Waals surface area contributed by atoms with Crippen LogP contribution in [0, 0.1) is 0 Å². The number of hydrogen-bond donors (Lipinski definition) is 1. The lowest BCUT2D eigenvalue weighted by molar-refractivity contribution is 0.0790. The predicted octanol–water partition coefficient (Wildman–Crippen LogP) is 3.96. The maximum Gasteiger partial charge on any atom is 0.261 e. The molecule has 4 heterocycles. The zero-order valence-electron chi connectivity index (χ0n) is 18.2. The molecule has 1 atom stereocenters. The third kappa shape index (κ3) is 4.47. The Kier molecular flexibility index (Phi) is 5.83. The van der Waals surface area contributed by atoms with Gasteiger partial charge in [0.15, 0.2) is 0 Å². The van der Waals surface area contributed by atoms with Gasteiger partial charge in [0.05, 0.1) is 12.0 Å². The van der Waals surface area contributed by atoms with Crippen LogP contribution in [0.4, 0.5) is 0 Å². The molecule has 1 fully saturated rings. The zero-order chi connectivity index (χ0) is 22.8. The Bertz CT molecular complexity index is 1310. The summed E-state index contributed by atoms with van der Waals surface area (Å²) in [4.78, 5) is 33.6. The Hall–Kier alpha value is -3.65. The fourth-order valence-electron chi connectivity index (χ4n) is 4.14. The van der Waals surface area contributed by atoms with Crippen molar-refractivity contribution >= 4 is 28.8 Å². The van der Waals surface area contributed by atoms with E-state index < -0.39 is 0 Å². The monoisotopic (exact) mass is 460 g/mol. The lowest BCUT2D eigenvalue weighted by atomic mass is 10.1. The summed E-state index contributed by atoms with van der Waals surface area (Å²) in [5.41, 5.74) is 2.49. The number of imidazole rings is 1. The highest BCUT2D eigenvalue weighted by atomic mass is 32.1. The summed E-state index contributed by atoms with van der Waals surface area (Å²) in [6.45, 7) is 1.81. The molecule has 1 N–H and O–H groups in total. The van der Waals surface area contributed by atoms with Crippen molar-refractivity contribution in [2.75, 3.05) is 20.2 Å². The van der Waals surface area contributed by atoms with Crippen LogP contribution in [0.2, 0.25) is 0 Å². The second-order valence-corrected chi connectivity index (χ2v) is 9.20. The molecule has 0 bridgehead atoms. The van der Waals surface area contributed by atoms with E-state index in [0.717, 1.165) is 22.5 Å². The molecule has 4 aromatic rings. The van der Waals surface area contributed by atoms with E-state index in [0.29, 0.717) is 35.8 Å². The standard InChI is InChI=1S/C25H24N4O3S/c1-32-20-4-2-3-18(14-20)25(31)29-11-8-19(16-29)21-5-6-22(33-21)24(30)27-15-17-7-10-28-12-9-26-23(28)13-17/h2-7,9-10,12-14,19H,8,11,15-16H2,1H3,(H,27,30). The van der Waals surface area contributed by atoms with Crippen molar-refractivity contribution in [1.29, 1.82) is 0 Å². The van der Waals surface area contributed by atoms with Crippen LogP contribution < -0.4 is 10.1 Å². The number of thiophene rings is 1. The lowest BCUT2D eigenvalue weighted by Gasteiger charge is -2.16. The molecule has 0 spiro atoms. The van der Waals surface area contributed by atoms with Crippen molar-refractivity contribution in [3.63, 3.8) is 0 Å². The second kappa shape index (κ2) is 9.07. The van der Waals surface area contributed by atoms with Crippen molar-refractivity contribution < 1.29 is 14.3 Å². The number of aromatic nitrogens is 2. The molecular formula is C25H24N4O3S. The third-order valence-electron chi connectivity index (χ3n) is 5.96. The van der Waals surface area contributed by atoms with E-state index in [2.05, 4.69) is 10.3 Å². The predicted molar refractivity (Wildman–Crippen MR) is 127 cm³/mol. The number of carbonyl (C=O) groups is 2. The first-order valence-corrected chi connectivity index (χ1v) is 11.7. The minimum Gasteiger partial charge on any atom is -0.497 e. The molecular weight excluding hydrogens is 436 g/mol. The molecule has 0 saturated carbocycles. The zero-order valence-corrected chi connectivity index (χ0v) is 19.0. The smallest absolute Gasteiger partial charge is 0.261 e. The highest BCUT2D eigenvalue weighted by Gasteiger charge is 2.29. The average molecular weight is 461 g/mol. The Morgan fingerprint density at radius 2 is 2.09 bits per heavy atom. The number of benzene rings is 1. The van der Waals surface area contributed by atoms with Gasteiger partial charge >= 0.3 is 0 Å². The van der Waals surface area contributed by atoms with Gasteiger partial charge in [0.2, 0.25) is 0 Å². The average Bonchev–Trinajstić information content (AvgIpc) is 3.61. The normalized spacial score (nSPS) is 15.7. The van der Waals surface area contributed by atoms with Gasteiger partial charge in [0.1, 0.15) is 11.4 Å². The molecule has 1 aromatic carbocycles. The van der Waals surface area contributed by atoms with Crippen LogP contribution in [0.1, 0.15) is 42.8 Å². The van der Waals surface area contributed by atoms with Crippen LogP contribution in [0.25, 0.3) is 5.65 Å². The van der Waals surface area contributed by atoms with Crippen molar-refractivity contribution in [1.82, 2.24) is 19.6 Å². The number of fused-ring (bicyclic) bond motifs is 1. The second-order valence-electron chi connectivity index (χ2n) is 8.08. The highest BCUT2D eigenvalue weighted by Crippen LogP contribution is 2.33. The third-order valence-corrected chi connectivity index (χ3v) is 7.21. The molecule has 1 aliphatic heterocycles. The molecule has 2 amide bonds. The molecule has 1 unspecified atom stereocenters. The number of ether oxygens (including phenoxy) is 1. The summed E-state index contributed by atoms with van der Waals surface area (Å²) < 4.78 is 7.17. The molecule has 7 nitrogen and oxygen atoms in total. The first kappa shape index (κ1) is 21.2. The first-order chi connectivity index (χ1) is 16.1. The number of amides is 2. The number of methoxy groups -OCH3 is 1. The summed E-state index contributed by atoms with van der Waals surface area (Å²) in [5, 5.41) is 2.99. The molecule has 168 valence electrons. The number of carbonyl (C=O) groups excluding carboxylic acids is 2. The van der Waals surface area contributed by atoms with E-state index in [4.69, 9.17) is 4.74 Å². The quantitative estimate of drug-likeness (QED) is 0.473. The maximum absolute atomic E-state index is 12.9. The first-order valence-electron chi connectivity index (χ1n) is 10.8. The summed E-state index contributed by atoms with van der Waals surface area (Å²) in [6, 6.07) is 15.1. The molecule has 33 heavy (non-hydrogen) atoms. The van der Waals surface area contributed by atoms with Gasteiger partial charge in [-0.05, 0) is 54.4 Å². The summed E-state index contributed by atoms with van der Waals surface area (Å²) in [7, 11) is 1.60. The summed E-state index contributed by atoms with van der Waals surface area (Å²) in [6.07, 6.45) is 6.46. The van der Waals surface area contributed by atoms with Crippen LogP contribution in [0.3, 0.4) is 0 Å². The Labute approximate surface area is 195 Å². The van der Waals surface area contributed by atoms with Crippen molar-refractivity contribution in [2.24, 2.45) is 0 Å². The fourth-order valence-corrected chi connectivity index (χ4v) is 5.19. The lowest BCUT2D eigenvalue weighted by Crippen LogP contribution is -2.28. The van der Waals surface area contributed by atoms with Crippen LogP contribution in [0.15, 0.2) is 67.1 Å². The summed E-state index contributed by atoms with van der Waals surface area (Å²) >= 11 is 1.51. The number of rotatable bonds is 6. The van der Waals surface area contributed by atoms with E-state index in [1.807, 2.05) is 64.2 Å². The van der Waals surface area contributed by atoms with Crippen LogP contribution >= 0.6 is 11.3 Å².